The average Bonchev–Trinajstić information content (AvgIpc) is 3.16. The monoisotopic (exact) mass is 533 g/mol. The summed E-state index contributed by atoms with van der Waals surface area (Å²) >= 11 is 0. The quantitative estimate of drug-likeness (QED) is 0.531. The Balaban J connectivity index is 0.00000204. The third kappa shape index (κ3) is 6.47. The van der Waals surface area contributed by atoms with Crippen LogP contribution in [0.25, 0.3) is 0 Å². The molecule has 0 bridgehead atoms. The molecule has 2 aromatic carbocycles. The summed E-state index contributed by atoms with van der Waals surface area (Å²) < 4.78 is 46.8. The summed E-state index contributed by atoms with van der Waals surface area (Å²) in [5.74, 6) is -1.06. The number of sulfonamides is 1. The molecule has 4 rings (SSSR count). The smallest absolute Gasteiger partial charge is 0.303 e. The Morgan fingerprint density at radius 2 is 1.59 bits per heavy atom. The number of carbonyl (C=O) groups is 1. The molecule has 0 amide bonds. The van der Waals surface area contributed by atoms with Gasteiger partial charge in [-0.25, -0.2) is 12.8 Å². The molecule has 188 valence electrons. The molecule has 2 atom stereocenters. The Bertz CT molecular complexity index is 1050. The van der Waals surface area contributed by atoms with Crippen molar-refractivity contribution in [2.45, 2.75) is 30.5 Å². The minimum atomic E-state index is -3.89. The molecule has 7 nitrogen and oxygen atoms in total. The standard InChI is InChI=1S/C23H28FN3O4S.2ClH/c1-18(28)31-22-17-25(15-19-7-3-2-4-8-19)16-21(22)26-11-13-27(14-12-26)32(29,30)23-10-6-5-9-20(23)24;;/h2-10,21-22H,11-17H2,1H3;2*1H. The number of benzene rings is 2. The summed E-state index contributed by atoms with van der Waals surface area (Å²) in [6.45, 7) is 5.05. The van der Waals surface area contributed by atoms with Crippen LogP contribution in [0.5, 0.6) is 0 Å². The molecule has 0 aromatic heterocycles. The van der Waals surface area contributed by atoms with E-state index in [9.17, 15) is 17.6 Å². The van der Waals surface area contributed by atoms with Crippen LogP contribution in [-0.2, 0) is 26.1 Å². The van der Waals surface area contributed by atoms with Crippen molar-refractivity contribution in [1.29, 1.82) is 0 Å². The lowest BCUT2D eigenvalue weighted by Crippen LogP contribution is -2.55. The van der Waals surface area contributed by atoms with E-state index in [1.807, 2.05) is 18.2 Å². The summed E-state index contributed by atoms with van der Waals surface area (Å²) in [5, 5.41) is 0. The highest BCUT2D eigenvalue weighted by Crippen LogP contribution is 2.25. The van der Waals surface area contributed by atoms with Crippen LogP contribution in [0.1, 0.15) is 12.5 Å². The Morgan fingerprint density at radius 3 is 2.21 bits per heavy atom. The second kappa shape index (κ2) is 12.3. The fourth-order valence-corrected chi connectivity index (χ4v) is 6.04. The van der Waals surface area contributed by atoms with Crippen molar-refractivity contribution in [2.75, 3.05) is 39.3 Å². The zero-order valence-electron chi connectivity index (χ0n) is 18.9. The summed E-state index contributed by atoms with van der Waals surface area (Å²) in [6.07, 6.45) is -0.272. The van der Waals surface area contributed by atoms with Crippen molar-refractivity contribution in [3.05, 3.63) is 66.0 Å². The van der Waals surface area contributed by atoms with E-state index in [4.69, 9.17) is 4.74 Å². The van der Waals surface area contributed by atoms with Gasteiger partial charge >= 0.3 is 5.97 Å². The number of halogens is 3. The molecule has 2 unspecified atom stereocenters. The molecule has 2 aromatic rings. The van der Waals surface area contributed by atoms with Crippen molar-refractivity contribution in [2.24, 2.45) is 0 Å². The average molecular weight is 534 g/mol. The van der Waals surface area contributed by atoms with Gasteiger partial charge in [0.1, 0.15) is 16.8 Å². The molecular weight excluding hydrogens is 504 g/mol. The number of rotatable bonds is 6. The fourth-order valence-electron chi connectivity index (χ4n) is 4.55. The van der Waals surface area contributed by atoms with Crippen LogP contribution in [-0.4, -0.2) is 79.9 Å². The first-order valence-electron chi connectivity index (χ1n) is 10.8. The highest BCUT2D eigenvalue weighted by Gasteiger charge is 2.41. The maximum Gasteiger partial charge on any atom is 0.303 e. The molecule has 0 radical (unpaired) electrons. The van der Waals surface area contributed by atoms with E-state index < -0.39 is 15.8 Å². The molecule has 2 saturated heterocycles. The van der Waals surface area contributed by atoms with Crippen molar-refractivity contribution >= 4 is 40.8 Å². The first-order valence-corrected chi connectivity index (χ1v) is 12.2. The van der Waals surface area contributed by atoms with E-state index in [0.717, 1.165) is 19.2 Å². The molecule has 0 aliphatic carbocycles. The number of carbonyl (C=O) groups excluding carboxylic acids is 1. The van der Waals surface area contributed by atoms with E-state index in [1.165, 1.54) is 35.0 Å². The lowest BCUT2D eigenvalue weighted by atomic mass is 10.1. The lowest BCUT2D eigenvalue weighted by Gasteiger charge is -2.38. The van der Waals surface area contributed by atoms with Gasteiger partial charge in [0.25, 0.3) is 0 Å². The Labute approximate surface area is 212 Å². The van der Waals surface area contributed by atoms with E-state index in [1.54, 1.807) is 0 Å². The number of hydrogen-bond donors (Lipinski definition) is 0. The van der Waals surface area contributed by atoms with Gasteiger partial charge in [0.2, 0.25) is 10.0 Å². The van der Waals surface area contributed by atoms with E-state index in [2.05, 4.69) is 21.9 Å². The van der Waals surface area contributed by atoms with Gasteiger partial charge in [0, 0.05) is 52.7 Å². The summed E-state index contributed by atoms with van der Waals surface area (Å²) in [6, 6.07) is 15.6. The van der Waals surface area contributed by atoms with Gasteiger partial charge in [-0.1, -0.05) is 42.5 Å². The van der Waals surface area contributed by atoms with Gasteiger partial charge in [0.15, 0.2) is 0 Å². The second-order valence-corrected chi connectivity index (χ2v) is 10.2. The number of likely N-dealkylation sites (tertiary alicyclic amines) is 1. The first kappa shape index (κ1) is 28.5. The maximum atomic E-state index is 14.1. The number of hydrogen-bond acceptors (Lipinski definition) is 6. The third-order valence-corrected chi connectivity index (χ3v) is 8.01. The van der Waals surface area contributed by atoms with Crippen molar-refractivity contribution in [3.63, 3.8) is 0 Å². The van der Waals surface area contributed by atoms with Gasteiger partial charge in [-0.3, -0.25) is 14.6 Å². The zero-order valence-corrected chi connectivity index (χ0v) is 21.3. The number of nitrogens with zero attached hydrogens (tertiary/aromatic N) is 3. The predicted octanol–water partition coefficient (Wildman–Crippen LogP) is 2.79. The normalized spacial score (nSPS) is 21.9. The SMILES string of the molecule is CC(=O)OC1CN(Cc2ccccc2)CC1N1CCN(S(=O)(=O)c2ccccc2F)CC1.Cl.Cl. The molecule has 0 N–H and O–H groups in total. The van der Waals surface area contributed by atoms with Crippen molar-refractivity contribution in [1.82, 2.24) is 14.1 Å². The number of esters is 1. The molecule has 34 heavy (non-hydrogen) atoms. The van der Waals surface area contributed by atoms with Gasteiger partial charge in [-0.05, 0) is 17.7 Å². The second-order valence-electron chi connectivity index (χ2n) is 8.27. The highest BCUT2D eigenvalue weighted by molar-refractivity contribution is 7.89. The fraction of sp³-hybridized carbons (Fsp3) is 0.435. The molecular formula is C23H30Cl2FN3O4S. The Kier molecular flexibility index (Phi) is 10.3. The summed E-state index contributed by atoms with van der Waals surface area (Å²) in [4.78, 5) is 15.8. The van der Waals surface area contributed by atoms with Crippen LogP contribution in [0.2, 0.25) is 0 Å². The minimum Gasteiger partial charge on any atom is -0.459 e. The minimum absolute atomic E-state index is 0. The van der Waals surface area contributed by atoms with Gasteiger partial charge in [0.05, 0.1) is 6.04 Å². The largest absolute Gasteiger partial charge is 0.459 e. The van der Waals surface area contributed by atoms with Crippen molar-refractivity contribution in [3.8, 4) is 0 Å². The van der Waals surface area contributed by atoms with Gasteiger partial charge < -0.3 is 4.74 Å². The van der Waals surface area contributed by atoms with Crippen LogP contribution in [0.3, 0.4) is 0 Å². The van der Waals surface area contributed by atoms with Crippen LogP contribution >= 0.6 is 24.8 Å². The van der Waals surface area contributed by atoms with Crippen LogP contribution in [0.4, 0.5) is 4.39 Å². The van der Waals surface area contributed by atoms with Gasteiger partial charge in [-0.15, -0.1) is 24.8 Å². The molecule has 2 heterocycles. The topological polar surface area (TPSA) is 70.2 Å². The first-order chi connectivity index (χ1) is 15.3. The van der Waals surface area contributed by atoms with Gasteiger partial charge in [-0.2, -0.15) is 4.31 Å². The highest BCUT2D eigenvalue weighted by atomic mass is 35.5. The number of piperazine rings is 1. The Morgan fingerprint density at radius 1 is 0.971 bits per heavy atom. The van der Waals surface area contributed by atoms with E-state index in [-0.39, 0.29) is 60.9 Å². The third-order valence-electron chi connectivity index (χ3n) is 6.08. The summed E-state index contributed by atoms with van der Waals surface area (Å²) in [5.41, 5.74) is 1.19. The maximum absolute atomic E-state index is 14.1. The van der Waals surface area contributed by atoms with Crippen LogP contribution in [0.15, 0.2) is 59.5 Å². The predicted molar refractivity (Wildman–Crippen MR) is 132 cm³/mol. The lowest BCUT2D eigenvalue weighted by molar-refractivity contribution is -0.148. The van der Waals surface area contributed by atoms with E-state index in [0.29, 0.717) is 19.6 Å². The molecule has 11 heteroatoms. The van der Waals surface area contributed by atoms with Crippen molar-refractivity contribution < 1.29 is 22.3 Å². The molecule has 2 fully saturated rings. The molecule has 2 aliphatic rings. The van der Waals surface area contributed by atoms with Crippen LogP contribution < -0.4 is 0 Å². The Hall–Kier alpha value is -1.75. The van der Waals surface area contributed by atoms with E-state index >= 15 is 0 Å². The number of ether oxygens (including phenoxy) is 1. The molecule has 0 saturated carbocycles. The zero-order chi connectivity index (χ0) is 22.7. The molecule has 0 spiro atoms. The van der Waals surface area contributed by atoms with Crippen LogP contribution in [0, 0.1) is 5.82 Å². The molecule has 2 aliphatic heterocycles. The summed E-state index contributed by atoms with van der Waals surface area (Å²) in [7, 11) is -3.89.